The Labute approximate surface area is 114 Å². The van der Waals surface area contributed by atoms with Crippen LogP contribution < -0.4 is 5.32 Å². The number of halogens is 1. The molecule has 0 aliphatic carbocycles. The van der Waals surface area contributed by atoms with Crippen molar-refractivity contribution in [3.63, 3.8) is 0 Å². The van der Waals surface area contributed by atoms with Crippen LogP contribution >= 0.6 is 0 Å². The molecule has 2 rings (SSSR count). The first kappa shape index (κ1) is 14.3. The Kier molecular flexibility index (Phi) is 5.16. The fraction of sp³-hybridized carbons (Fsp3) is 0.600. The Bertz CT molecular complexity index is 403. The van der Waals surface area contributed by atoms with E-state index in [1.54, 1.807) is 12.1 Å². The molecule has 2 N–H and O–H groups in total. The zero-order valence-electron chi connectivity index (χ0n) is 11.5. The largest absolute Gasteiger partial charge is 0.505 e. The molecule has 106 valence electrons. The van der Waals surface area contributed by atoms with Crippen LogP contribution in [0.1, 0.15) is 25.3 Å². The van der Waals surface area contributed by atoms with Crippen molar-refractivity contribution < 1.29 is 9.50 Å². The minimum atomic E-state index is -0.552. The van der Waals surface area contributed by atoms with Crippen LogP contribution in [0.4, 0.5) is 4.39 Å². The molecule has 0 saturated carbocycles. The summed E-state index contributed by atoms with van der Waals surface area (Å²) in [4.78, 5) is 2.46. The van der Waals surface area contributed by atoms with Gasteiger partial charge in [0.15, 0.2) is 11.6 Å². The zero-order valence-corrected chi connectivity index (χ0v) is 11.5. The molecule has 0 spiro atoms. The van der Waals surface area contributed by atoms with Gasteiger partial charge in [-0.05, 0) is 37.9 Å². The van der Waals surface area contributed by atoms with Crippen LogP contribution in [-0.4, -0.2) is 36.2 Å². The van der Waals surface area contributed by atoms with Gasteiger partial charge < -0.3 is 15.3 Å². The molecule has 1 aromatic carbocycles. The van der Waals surface area contributed by atoms with Gasteiger partial charge in [-0.3, -0.25) is 0 Å². The fourth-order valence-electron chi connectivity index (χ4n) is 2.45. The maximum Gasteiger partial charge on any atom is 0.165 e. The van der Waals surface area contributed by atoms with E-state index in [9.17, 15) is 9.50 Å². The van der Waals surface area contributed by atoms with Crippen LogP contribution in [0.25, 0.3) is 0 Å². The monoisotopic (exact) mass is 266 g/mol. The van der Waals surface area contributed by atoms with Crippen LogP contribution in [0.5, 0.6) is 5.75 Å². The predicted molar refractivity (Wildman–Crippen MR) is 74.6 cm³/mol. The maximum atomic E-state index is 13.1. The normalized spacial score (nSPS) is 17.8. The summed E-state index contributed by atoms with van der Waals surface area (Å²) >= 11 is 0. The molecule has 1 aromatic rings. The SMILES string of the molecule is CC1CCN(CCNCc2cccc(F)c2O)CC1. The molecule has 0 bridgehead atoms. The molecule has 4 heteroatoms. The number of benzene rings is 1. The first-order valence-corrected chi connectivity index (χ1v) is 7.06. The van der Waals surface area contributed by atoms with Gasteiger partial charge in [0.2, 0.25) is 0 Å². The van der Waals surface area contributed by atoms with Crippen LogP contribution in [0, 0.1) is 11.7 Å². The van der Waals surface area contributed by atoms with E-state index in [0.717, 1.165) is 19.0 Å². The number of hydrogen-bond acceptors (Lipinski definition) is 3. The topological polar surface area (TPSA) is 35.5 Å². The van der Waals surface area contributed by atoms with Crippen molar-refractivity contribution >= 4 is 0 Å². The van der Waals surface area contributed by atoms with Gasteiger partial charge in [-0.1, -0.05) is 19.1 Å². The molecule has 3 nitrogen and oxygen atoms in total. The number of phenolic OH excluding ortho intramolecular Hbond substituents is 1. The number of rotatable bonds is 5. The third-order valence-electron chi connectivity index (χ3n) is 3.87. The van der Waals surface area contributed by atoms with Crippen molar-refractivity contribution in [2.45, 2.75) is 26.3 Å². The molecular formula is C15H23FN2O. The van der Waals surface area contributed by atoms with E-state index < -0.39 is 5.82 Å². The number of hydrogen-bond donors (Lipinski definition) is 2. The summed E-state index contributed by atoms with van der Waals surface area (Å²) in [7, 11) is 0. The van der Waals surface area contributed by atoms with Gasteiger partial charge in [0.1, 0.15) is 0 Å². The standard InChI is InChI=1S/C15H23FN2O/c1-12-5-8-18(9-6-12)10-7-17-11-13-3-2-4-14(16)15(13)19/h2-4,12,17,19H,5-11H2,1H3. The quantitative estimate of drug-likeness (QED) is 0.803. The lowest BCUT2D eigenvalue weighted by Gasteiger charge is -2.30. The highest BCUT2D eigenvalue weighted by Gasteiger charge is 2.14. The average Bonchev–Trinajstić information content (AvgIpc) is 2.41. The van der Waals surface area contributed by atoms with Gasteiger partial charge in [0, 0.05) is 25.2 Å². The Hall–Kier alpha value is -1.13. The van der Waals surface area contributed by atoms with Crippen LogP contribution in [0.15, 0.2) is 18.2 Å². The second kappa shape index (κ2) is 6.87. The van der Waals surface area contributed by atoms with Crippen molar-refractivity contribution in [1.82, 2.24) is 10.2 Å². The molecule has 0 aromatic heterocycles. The van der Waals surface area contributed by atoms with Gasteiger partial charge in [-0.25, -0.2) is 4.39 Å². The molecule has 0 radical (unpaired) electrons. The van der Waals surface area contributed by atoms with Gasteiger partial charge >= 0.3 is 0 Å². The maximum absolute atomic E-state index is 13.1. The molecule has 1 heterocycles. The van der Waals surface area contributed by atoms with Gasteiger partial charge in [-0.2, -0.15) is 0 Å². The van der Waals surface area contributed by atoms with Crippen LogP contribution in [0.3, 0.4) is 0 Å². The van der Waals surface area contributed by atoms with Crippen molar-refractivity contribution in [3.05, 3.63) is 29.6 Å². The molecule has 1 saturated heterocycles. The molecule has 1 fully saturated rings. The summed E-state index contributed by atoms with van der Waals surface area (Å²) in [5.41, 5.74) is 0.618. The third-order valence-corrected chi connectivity index (χ3v) is 3.87. The second-order valence-corrected chi connectivity index (χ2v) is 5.45. The molecule has 1 aliphatic heterocycles. The summed E-state index contributed by atoms with van der Waals surface area (Å²) < 4.78 is 13.1. The van der Waals surface area contributed by atoms with Crippen molar-refractivity contribution in [3.8, 4) is 5.75 Å². The minimum absolute atomic E-state index is 0.234. The van der Waals surface area contributed by atoms with E-state index >= 15 is 0 Å². The van der Waals surface area contributed by atoms with E-state index in [1.165, 1.54) is 32.0 Å². The highest BCUT2D eigenvalue weighted by molar-refractivity contribution is 5.33. The number of piperidine rings is 1. The zero-order chi connectivity index (χ0) is 13.7. The number of aromatic hydroxyl groups is 1. The van der Waals surface area contributed by atoms with Crippen molar-refractivity contribution in [2.75, 3.05) is 26.2 Å². The Morgan fingerprint density at radius 2 is 2.11 bits per heavy atom. The highest BCUT2D eigenvalue weighted by atomic mass is 19.1. The number of nitrogens with one attached hydrogen (secondary N) is 1. The molecule has 0 amide bonds. The van der Waals surface area contributed by atoms with Gasteiger partial charge in [0.05, 0.1) is 0 Å². The lowest BCUT2D eigenvalue weighted by atomic mass is 9.99. The van der Waals surface area contributed by atoms with E-state index in [2.05, 4.69) is 17.1 Å². The number of nitrogens with zero attached hydrogens (tertiary/aromatic N) is 1. The van der Waals surface area contributed by atoms with E-state index in [4.69, 9.17) is 0 Å². The van der Waals surface area contributed by atoms with Crippen molar-refractivity contribution in [2.24, 2.45) is 5.92 Å². The summed E-state index contributed by atoms with van der Waals surface area (Å²) in [5.74, 6) is 0.0690. The third kappa shape index (κ3) is 4.18. The Balaban J connectivity index is 1.68. The smallest absolute Gasteiger partial charge is 0.165 e. The van der Waals surface area contributed by atoms with E-state index in [1.807, 2.05) is 0 Å². The molecule has 0 unspecified atom stereocenters. The van der Waals surface area contributed by atoms with Crippen LogP contribution in [0.2, 0.25) is 0 Å². The number of phenols is 1. The minimum Gasteiger partial charge on any atom is -0.505 e. The average molecular weight is 266 g/mol. The summed E-state index contributed by atoms with van der Waals surface area (Å²) in [5, 5.41) is 12.8. The first-order valence-electron chi connectivity index (χ1n) is 7.06. The second-order valence-electron chi connectivity index (χ2n) is 5.45. The summed E-state index contributed by atoms with van der Waals surface area (Å²) in [6, 6.07) is 4.64. The lowest BCUT2D eigenvalue weighted by Crippen LogP contribution is -2.37. The van der Waals surface area contributed by atoms with Gasteiger partial charge in [-0.15, -0.1) is 0 Å². The first-order chi connectivity index (χ1) is 9.16. The Morgan fingerprint density at radius 3 is 2.84 bits per heavy atom. The molecule has 1 aliphatic rings. The lowest BCUT2D eigenvalue weighted by molar-refractivity contribution is 0.193. The number of likely N-dealkylation sites (tertiary alicyclic amines) is 1. The highest BCUT2D eigenvalue weighted by Crippen LogP contribution is 2.20. The molecular weight excluding hydrogens is 243 g/mol. The van der Waals surface area contributed by atoms with Gasteiger partial charge in [0.25, 0.3) is 0 Å². The predicted octanol–water partition coefficient (Wildman–Crippen LogP) is 2.35. The summed E-state index contributed by atoms with van der Waals surface area (Å²) in [6.45, 7) is 7.05. The Morgan fingerprint density at radius 1 is 1.37 bits per heavy atom. The van der Waals surface area contributed by atoms with E-state index in [-0.39, 0.29) is 5.75 Å². The van der Waals surface area contributed by atoms with E-state index in [0.29, 0.717) is 12.1 Å². The number of para-hydroxylation sites is 1. The van der Waals surface area contributed by atoms with Crippen molar-refractivity contribution in [1.29, 1.82) is 0 Å². The van der Waals surface area contributed by atoms with Crippen LogP contribution in [-0.2, 0) is 6.54 Å². The summed E-state index contributed by atoms with van der Waals surface area (Å²) in [6.07, 6.45) is 2.56. The molecule has 19 heavy (non-hydrogen) atoms. The fourth-order valence-corrected chi connectivity index (χ4v) is 2.45. The molecule has 0 atom stereocenters.